The van der Waals surface area contributed by atoms with Gasteiger partial charge in [-0.25, -0.2) is 4.79 Å². The van der Waals surface area contributed by atoms with Crippen molar-refractivity contribution in [2.75, 3.05) is 33.3 Å². The van der Waals surface area contributed by atoms with Gasteiger partial charge in [0.2, 0.25) is 0 Å². The molecule has 3 heterocycles. The third-order valence-electron chi connectivity index (χ3n) is 4.76. The van der Waals surface area contributed by atoms with E-state index in [4.69, 9.17) is 13.6 Å². The Balaban J connectivity index is 1.51. The molecule has 4 rings (SSSR count). The lowest BCUT2D eigenvalue weighted by molar-refractivity contribution is 0.0500. The second-order valence-corrected chi connectivity index (χ2v) is 6.41. The van der Waals surface area contributed by atoms with Crippen LogP contribution in [0.3, 0.4) is 0 Å². The molecule has 2 amide bonds. The van der Waals surface area contributed by atoms with Crippen molar-refractivity contribution < 1.29 is 23.2 Å². The third-order valence-corrected chi connectivity index (χ3v) is 4.76. The number of hydrogen-bond donors (Lipinski definition) is 0. The van der Waals surface area contributed by atoms with E-state index in [1.165, 1.54) is 13.4 Å². The zero-order chi connectivity index (χ0) is 19.7. The van der Waals surface area contributed by atoms with Crippen LogP contribution in [0.4, 0.5) is 0 Å². The molecule has 1 saturated heterocycles. The van der Waals surface area contributed by atoms with Gasteiger partial charge in [0.25, 0.3) is 11.8 Å². The summed E-state index contributed by atoms with van der Waals surface area (Å²) in [5, 5.41) is 0.955. The number of nitrogens with zero attached hydrogens (tertiary/aromatic N) is 2. The second-order valence-electron chi connectivity index (χ2n) is 6.41. The number of methoxy groups -OCH3 is 1. The topological polar surface area (TPSA) is 93.2 Å². The van der Waals surface area contributed by atoms with Gasteiger partial charge in [-0.15, -0.1) is 0 Å². The molecule has 1 aliphatic rings. The molecule has 1 aliphatic heterocycles. The summed E-state index contributed by atoms with van der Waals surface area (Å²) in [4.78, 5) is 40.5. The highest BCUT2D eigenvalue weighted by Crippen LogP contribution is 2.20. The number of benzene rings is 1. The molecule has 0 radical (unpaired) electrons. The fraction of sp³-hybridized carbons (Fsp3) is 0.250. The van der Waals surface area contributed by atoms with Gasteiger partial charge in [0, 0.05) is 26.2 Å². The molecule has 3 aromatic rings. The van der Waals surface area contributed by atoms with E-state index in [1.807, 2.05) is 0 Å². The molecule has 0 N–H and O–H groups in total. The van der Waals surface area contributed by atoms with Crippen molar-refractivity contribution in [3.8, 4) is 5.75 Å². The molecule has 0 aliphatic carbocycles. The zero-order valence-electron chi connectivity index (χ0n) is 15.2. The lowest BCUT2D eigenvalue weighted by Gasteiger charge is -2.34. The first-order chi connectivity index (χ1) is 13.6. The minimum absolute atomic E-state index is 0.0310. The summed E-state index contributed by atoms with van der Waals surface area (Å²) in [6, 6.07) is 9.76. The lowest BCUT2D eigenvalue weighted by atomic mass is 10.1. The zero-order valence-corrected chi connectivity index (χ0v) is 15.2. The Bertz CT molecular complexity index is 1080. The lowest BCUT2D eigenvalue weighted by Crippen LogP contribution is -2.50. The molecule has 0 saturated carbocycles. The maximum Gasteiger partial charge on any atom is 0.344 e. The van der Waals surface area contributed by atoms with Crippen molar-refractivity contribution >= 4 is 22.6 Å². The number of hydrogen-bond acceptors (Lipinski definition) is 6. The number of piperazine rings is 1. The van der Waals surface area contributed by atoms with Crippen LogP contribution in [0.5, 0.6) is 5.75 Å². The van der Waals surface area contributed by atoms with Gasteiger partial charge < -0.3 is 23.4 Å². The molecule has 2 aromatic heterocycles. The number of carbonyl (C=O) groups excluding carboxylic acids is 2. The first-order valence-electron chi connectivity index (χ1n) is 8.81. The Morgan fingerprint density at radius 2 is 1.64 bits per heavy atom. The molecule has 0 spiro atoms. The number of carbonyl (C=O) groups is 2. The Morgan fingerprint density at radius 1 is 0.964 bits per heavy atom. The standard InChI is InChI=1S/C20H18N2O6/c1-26-14-4-5-15-13(11-14)12-17(28-20(15)25)19(24)22-8-6-21(7-9-22)18(23)16-3-2-10-27-16/h2-5,10-12H,6-9H2,1H3. The Morgan fingerprint density at radius 3 is 2.25 bits per heavy atom. The van der Waals surface area contributed by atoms with E-state index < -0.39 is 5.63 Å². The molecule has 1 fully saturated rings. The number of rotatable bonds is 3. The van der Waals surface area contributed by atoms with E-state index in [9.17, 15) is 14.4 Å². The smallest absolute Gasteiger partial charge is 0.344 e. The minimum Gasteiger partial charge on any atom is -0.497 e. The predicted molar refractivity (Wildman–Crippen MR) is 99.6 cm³/mol. The van der Waals surface area contributed by atoms with Crippen LogP contribution < -0.4 is 10.4 Å². The number of amides is 2. The molecular weight excluding hydrogens is 364 g/mol. The van der Waals surface area contributed by atoms with Crippen molar-refractivity contribution in [1.82, 2.24) is 9.80 Å². The molecule has 1 aromatic carbocycles. The van der Waals surface area contributed by atoms with Gasteiger partial charge >= 0.3 is 5.63 Å². The van der Waals surface area contributed by atoms with Crippen LogP contribution >= 0.6 is 0 Å². The van der Waals surface area contributed by atoms with Crippen LogP contribution in [-0.4, -0.2) is 54.9 Å². The summed E-state index contributed by atoms with van der Waals surface area (Å²) in [7, 11) is 1.53. The molecule has 8 nitrogen and oxygen atoms in total. The first-order valence-corrected chi connectivity index (χ1v) is 8.81. The van der Waals surface area contributed by atoms with Gasteiger partial charge in [0.15, 0.2) is 11.5 Å². The maximum absolute atomic E-state index is 12.8. The fourth-order valence-corrected chi connectivity index (χ4v) is 3.23. The van der Waals surface area contributed by atoms with Crippen LogP contribution in [0.25, 0.3) is 10.8 Å². The second kappa shape index (κ2) is 7.22. The average Bonchev–Trinajstić information content (AvgIpc) is 3.27. The van der Waals surface area contributed by atoms with Crippen molar-refractivity contribution in [3.63, 3.8) is 0 Å². The van der Waals surface area contributed by atoms with Gasteiger partial charge in [-0.2, -0.15) is 0 Å². The Labute approximate surface area is 159 Å². The van der Waals surface area contributed by atoms with E-state index in [0.717, 1.165) is 0 Å². The molecule has 0 atom stereocenters. The highest BCUT2D eigenvalue weighted by atomic mass is 16.5. The van der Waals surface area contributed by atoms with Crippen LogP contribution in [0.1, 0.15) is 21.1 Å². The van der Waals surface area contributed by atoms with E-state index >= 15 is 0 Å². The van der Waals surface area contributed by atoms with Crippen LogP contribution in [0.15, 0.2) is 56.3 Å². The summed E-state index contributed by atoms with van der Waals surface area (Å²) in [5.74, 6) is 0.237. The third kappa shape index (κ3) is 3.24. The Hall–Kier alpha value is -3.55. The van der Waals surface area contributed by atoms with Crippen LogP contribution in [0.2, 0.25) is 0 Å². The van der Waals surface area contributed by atoms with Crippen molar-refractivity contribution in [1.29, 1.82) is 0 Å². The van der Waals surface area contributed by atoms with Gasteiger partial charge in [0.1, 0.15) is 5.75 Å². The summed E-state index contributed by atoms with van der Waals surface area (Å²) in [6.07, 6.45) is 1.45. The normalized spacial score (nSPS) is 14.3. The quantitative estimate of drug-likeness (QED) is 0.688. The number of furan rings is 1. The highest BCUT2D eigenvalue weighted by Gasteiger charge is 2.28. The van der Waals surface area contributed by atoms with E-state index in [0.29, 0.717) is 42.7 Å². The SMILES string of the molecule is COc1ccc2c(=O)oc(C(=O)N3CCN(C(=O)c4ccco4)CC3)cc2c1. The van der Waals surface area contributed by atoms with Gasteiger partial charge in [0.05, 0.1) is 18.8 Å². The van der Waals surface area contributed by atoms with Gasteiger partial charge in [-0.3, -0.25) is 9.59 Å². The number of ether oxygens (including phenoxy) is 1. The maximum atomic E-state index is 12.8. The fourth-order valence-electron chi connectivity index (χ4n) is 3.23. The van der Waals surface area contributed by atoms with Crippen molar-refractivity contribution in [3.05, 3.63) is 64.6 Å². The summed E-state index contributed by atoms with van der Waals surface area (Å²) >= 11 is 0. The predicted octanol–water partition coefficient (Wildman–Crippen LogP) is 1.99. The average molecular weight is 382 g/mol. The molecule has 28 heavy (non-hydrogen) atoms. The molecule has 0 unspecified atom stereocenters. The molecule has 144 valence electrons. The van der Waals surface area contributed by atoms with E-state index in [2.05, 4.69) is 0 Å². The summed E-state index contributed by atoms with van der Waals surface area (Å²) < 4.78 is 15.5. The Kier molecular flexibility index (Phi) is 4.60. The minimum atomic E-state index is -0.574. The first kappa shape index (κ1) is 17.8. The molecular formula is C20H18N2O6. The monoisotopic (exact) mass is 382 g/mol. The van der Waals surface area contributed by atoms with Crippen molar-refractivity contribution in [2.24, 2.45) is 0 Å². The largest absolute Gasteiger partial charge is 0.497 e. The molecule has 0 bridgehead atoms. The summed E-state index contributed by atoms with van der Waals surface area (Å²) in [6.45, 7) is 1.42. The van der Waals surface area contributed by atoms with Crippen LogP contribution in [-0.2, 0) is 0 Å². The van der Waals surface area contributed by atoms with Gasteiger partial charge in [-0.1, -0.05) is 0 Å². The van der Waals surface area contributed by atoms with Crippen LogP contribution in [0, 0.1) is 0 Å². The van der Waals surface area contributed by atoms with Crippen molar-refractivity contribution in [2.45, 2.75) is 0 Å². The number of fused-ring (bicyclic) bond motifs is 1. The molecule has 8 heteroatoms. The van der Waals surface area contributed by atoms with E-state index in [1.54, 1.807) is 46.2 Å². The summed E-state index contributed by atoms with van der Waals surface area (Å²) in [5.41, 5.74) is -0.574. The van der Waals surface area contributed by atoms with E-state index in [-0.39, 0.29) is 23.3 Å². The highest BCUT2D eigenvalue weighted by molar-refractivity contribution is 5.96. The van der Waals surface area contributed by atoms with Gasteiger partial charge in [-0.05, 0) is 41.8 Å².